The molecule has 1 rings (SSSR count). The van der Waals surface area contributed by atoms with Crippen molar-refractivity contribution >= 4 is 26.0 Å². The molecule has 0 aliphatic carbocycles. The number of unbranched alkanes of at least 4 members (excludes halogenated alkanes) is 1. The largest absolute Gasteiger partial charge is 0.392 e. The van der Waals surface area contributed by atoms with E-state index in [4.69, 9.17) is 5.11 Å². The van der Waals surface area contributed by atoms with Crippen molar-refractivity contribution in [2.45, 2.75) is 57.6 Å². The first-order valence-electron chi connectivity index (χ1n) is 7.29. The second-order valence-electron chi connectivity index (χ2n) is 5.15. The number of sulfonamides is 1. The van der Waals surface area contributed by atoms with Gasteiger partial charge in [0, 0.05) is 17.1 Å². The standard InChI is InChI=1S/C15H24BrNO3S/c1-4-6-9-17(12(3)5-2)21(19,20)15-8-7-13(11-18)10-14(15)16/h7-8,10,12,18H,4-6,9,11H2,1-3H3. The van der Waals surface area contributed by atoms with E-state index < -0.39 is 10.0 Å². The number of rotatable bonds is 8. The molecule has 21 heavy (non-hydrogen) atoms. The third-order valence-electron chi connectivity index (χ3n) is 3.58. The van der Waals surface area contributed by atoms with Crippen molar-refractivity contribution in [3.05, 3.63) is 28.2 Å². The maximum atomic E-state index is 12.9. The van der Waals surface area contributed by atoms with Crippen molar-refractivity contribution in [2.24, 2.45) is 0 Å². The summed E-state index contributed by atoms with van der Waals surface area (Å²) in [4.78, 5) is 0.260. The molecule has 0 aliphatic rings. The monoisotopic (exact) mass is 377 g/mol. The number of nitrogens with zero attached hydrogens (tertiary/aromatic N) is 1. The van der Waals surface area contributed by atoms with Crippen LogP contribution in [0.15, 0.2) is 27.6 Å². The number of hydrogen-bond acceptors (Lipinski definition) is 3. The Kier molecular flexibility index (Phi) is 7.33. The highest BCUT2D eigenvalue weighted by Crippen LogP contribution is 2.28. The van der Waals surface area contributed by atoms with Crippen LogP contribution in [0.3, 0.4) is 0 Å². The van der Waals surface area contributed by atoms with Gasteiger partial charge in [0.05, 0.1) is 11.5 Å². The lowest BCUT2D eigenvalue weighted by atomic mass is 10.2. The summed E-state index contributed by atoms with van der Waals surface area (Å²) in [7, 11) is -3.54. The third-order valence-corrected chi connectivity index (χ3v) is 6.57. The lowest BCUT2D eigenvalue weighted by Crippen LogP contribution is -2.39. The second-order valence-corrected chi connectivity index (χ2v) is 7.86. The van der Waals surface area contributed by atoms with E-state index in [1.54, 1.807) is 22.5 Å². The van der Waals surface area contributed by atoms with Gasteiger partial charge >= 0.3 is 0 Å². The summed E-state index contributed by atoms with van der Waals surface area (Å²) in [5.74, 6) is 0. The van der Waals surface area contributed by atoms with Crippen LogP contribution in [0, 0.1) is 0 Å². The molecule has 0 bridgehead atoms. The first-order chi connectivity index (χ1) is 9.88. The molecule has 0 spiro atoms. The van der Waals surface area contributed by atoms with E-state index in [9.17, 15) is 8.42 Å². The van der Waals surface area contributed by atoms with Crippen LogP contribution in [-0.2, 0) is 16.6 Å². The minimum absolute atomic E-state index is 0.0361. The zero-order valence-electron chi connectivity index (χ0n) is 12.8. The van der Waals surface area contributed by atoms with Crippen LogP contribution < -0.4 is 0 Å². The lowest BCUT2D eigenvalue weighted by molar-refractivity contribution is 0.281. The molecule has 0 radical (unpaired) electrons. The van der Waals surface area contributed by atoms with E-state index in [0.717, 1.165) is 19.3 Å². The van der Waals surface area contributed by atoms with Gasteiger partial charge in [0.1, 0.15) is 0 Å². The van der Waals surface area contributed by atoms with Gasteiger partial charge in [-0.15, -0.1) is 0 Å². The average molecular weight is 378 g/mol. The highest BCUT2D eigenvalue weighted by molar-refractivity contribution is 9.10. The molecule has 1 unspecified atom stereocenters. The van der Waals surface area contributed by atoms with Crippen LogP contribution in [0.25, 0.3) is 0 Å². The molecule has 0 fully saturated rings. The zero-order chi connectivity index (χ0) is 16.0. The Morgan fingerprint density at radius 1 is 1.33 bits per heavy atom. The van der Waals surface area contributed by atoms with E-state index in [-0.39, 0.29) is 17.5 Å². The molecule has 0 heterocycles. The normalized spacial score (nSPS) is 13.6. The summed E-state index contributed by atoms with van der Waals surface area (Å²) in [5, 5.41) is 9.13. The first-order valence-corrected chi connectivity index (χ1v) is 9.52. The molecule has 6 heteroatoms. The molecular weight excluding hydrogens is 354 g/mol. The van der Waals surface area contributed by atoms with E-state index in [0.29, 0.717) is 16.6 Å². The average Bonchev–Trinajstić information content (AvgIpc) is 2.46. The molecule has 0 amide bonds. The Labute approximate surface area is 136 Å². The summed E-state index contributed by atoms with van der Waals surface area (Å²) < 4.78 is 27.9. The quantitative estimate of drug-likeness (QED) is 0.753. The van der Waals surface area contributed by atoms with Crippen molar-refractivity contribution in [1.82, 2.24) is 4.31 Å². The fourth-order valence-corrected chi connectivity index (χ4v) is 4.90. The summed E-state index contributed by atoms with van der Waals surface area (Å²) in [6.45, 7) is 6.39. The van der Waals surface area contributed by atoms with Gasteiger partial charge < -0.3 is 5.11 Å². The number of aliphatic hydroxyl groups excluding tert-OH is 1. The van der Waals surface area contributed by atoms with Crippen molar-refractivity contribution in [3.63, 3.8) is 0 Å². The molecule has 1 atom stereocenters. The van der Waals surface area contributed by atoms with Crippen molar-refractivity contribution in [1.29, 1.82) is 0 Å². The molecule has 1 aromatic rings. The number of aliphatic hydroxyl groups is 1. The third kappa shape index (κ3) is 4.52. The van der Waals surface area contributed by atoms with Crippen molar-refractivity contribution in [2.75, 3.05) is 6.54 Å². The second kappa shape index (κ2) is 8.27. The molecule has 0 saturated carbocycles. The van der Waals surface area contributed by atoms with Crippen molar-refractivity contribution in [3.8, 4) is 0 Å². The molecule has 0 aromatic heterocycles. The summed E-state index contributed by atoms with van der Waals surface area (Å²) in [5.41, 5.74) is 0.685. The Hall–Kier alpha value is -0.430. The Morgan fingerprint density at radius 2 is 2.00 bits per heavy atom. The van der Waals surface area contributed by atoms with Gasteiger partial charge in [0.2, 0.25) is 10.0 Å². The van der Waals surface area contributed by atoms with Crippen LogP contribution in [0.1, 0.15) is 45.6 Å². The highest BCUT2D eigenvalue weighted by Gasteiger charge is 2.29. The first kappa shape index (κ1) is 18.6. The molecule has 120 valence electrons. The predicted octanol–water partition coefficient (Wildman–Crippen LogP) is 3.53. The summed E-state index contributed by atoms with van der Waals surface area (Å²) >= 11 is 3.31. The molecule has 0 saturated heterocycles. The molecule has 0 aliphatic heterocycles. The molecular formula is C15H24BrNO3S. The minimum atomic E-state index is -3.54. The van der Waals surface area contributed by atoms with Crippen LogP contribution in [0.2, 0.25) is 0 Å². The number of benzene rings is 1. The van der Waals surface area contributed by atoms with Gasteiger partial charge in [-0.2, -0.15) is 4.31 Å². The van der Waals surface area contributed by atoms with Gasteiger partial charge in [0.25, 0.3) is 0 Å². The van der Waals surface area contributed by atoms with E-state index in [1.165, 1.54) is 0 Å². The van der Waals surface area contributed by atoms with Gasteiger partial charge in [0.15, 0.2) is 0 Å². The topological polar surface area (TPSA) is 57.6 Å². The fraction of sp³-hybridized carbons (Fsp3) is 0.600. The SMILES string of the molecule is CCCCN(C(C)CC)S(=O)(=O)c1ccc(CO)cc1Br. The summed E-state index contributed by atoms with van der Waals surface area (Å²) in [6.07, 6.45) is 2.57. The molecule has 4 nitrogen and oxygen atoms in total. The maximum absolute atomic E-state index is 12.9. The maximum Gasteiger partial charge on any atom is 0.244 e. The van der Waals surface area contributed by atoms with Crippen molar-refractivity contribution < 1.29 is 13.5 Å². The van der Waals surface area contributed by atoms with Gasteiger partial charge in [-0.3, -0.25) is 0 Å². The van der Waals surface area contributed by atoms with Gasteiger partial charge in [-0.25, -0.2) is 8.42 Å². The smallest absolute Gasteiger partial charge is 0.244 e. The van der Waals surface area contributed by atoms with Crippen LogP contribution >= 0.6 is 15.9 Å². The Morgan fingerprint density at radius 3 is 2.48 bits per heavy atom. The van der Waals surface area contributed by atoms with Gasteiger partial charge in [-0.1, -0.05) is 26.3 Å². The zero-order valence-corrected chi connectivity index (χ0v) is 15.2. The van der Waals surface area contributed by atoms with Crippen LogP contribution in [0.5, 0.6) is 0 Å². The minimum Gasteiger partial charge on any atom is -0.392 e. The predicted molar refractivity (Wildman–Crippen MR) is 88.6 cm³/mol. The molecule has 1 aromatic carbocycles. The van der Waals surface area contributed by atoms with Crippen LogP contribution in [-0.4, -0.2) is 30.4 Å². The van der Waals surface area contributed by atoms with E-state index >= 15 is 0 Å². The Bertz CT molecular complexity index is 560. The Balaban J connectivity index is 3.21. The number of halogens is 1. The van der Waals surface area contributed by atoms with Crippen LogP contribution in [0.4, 0.5) is 0 Å². The van der Waals surface area contributed by atoms with Gasteiger partial charge in [-0.05, 0) is 53.4 Å². The summed E-state index contributed by atoms with van der Waals surface area (Å²) in [6, 6.07) is 4.83. The van der Waals surface area contributed by atoms with E-state index in [1.807, 2.05) is 20.8 Å². The highest BCUT2D eigenvalue weighted by atomic mass is 79.9. The van der Waals surface area contributed by atoms with E-state index in [2.05, 4.69) is 15.9 Å². The fourth-order valence-electron chi connectivity index (χ4n) is 2.07. The molecule has 1 N–H and O–H groups in total. The lowest BCUT2D eigenvalue weighted by Gasteiger charge is -2.28. The number of hydrogen-bond donors (Lipinski definition) is 1.